The van der Waals surface area contributed by atoms with Gasteiger partial charge in [-0.3, -0.25) is 9.69 Å². The summed E-state index contributed by atoms with van der Waals surface area (Å²) in [6.07, 6.45) is 0. The Bertz CT molecular complexity index is 1640. The van der Waals surface area contributed by atoms with Crippen LogP contribution in [-0.2, 0) is 14.3 Å². The summed E-state index contributed by atoms with van der Waals surface area (Å²) in [5.74, 6) is -0.0898. The number of amides is 1. The highest BCUT2D eigenvalue weighted by Gasteiger charge is 2.70. The maximum Gasteiger partial charge on any atom is 0.343 e. The first-order chi connectivity index (χ1) is 20.5. The number of methoxy groups -OCH3 is 1. The van der Waals surface area contributed by atoms with E-state index in [-0.39, 0.29) is 23.8 Å². The van der Waals surface area contributed by atoms with Gasteiger partial charge in [0.05, 0.1) is 25.1 Å². The maximum atomic E-state index is 14.3. The predicted octanol–water partition coefficient (Wildman–Crippen LogP) is 5.03. The molecular weight excluding hydrogens is 526 g/mol. The largest absolute Gasteiger partial charge is 0.497 e. The van der Waals surface area contributed by atoms with Crippen LogP contribution in [0.3, 0.4) is 0 Å². The highest BCUT2D eigenvalue weighted by Crippen LogP contribution is 2.54. The third-order valence-corrected chi connectivity index (χ3v) is 8.93. The van der Waals surface area contributed by atoms with Crippen molar-refractivity contribution < 1.29 is 19.1 Å². The molecule has 3 heterocycles. The predicted molar refractivity (Wildman–Crippen MR) is 161 cm³/mol. The minimum atomic E-state index is -1.26. The van der Waals surface area contributed by atoms with Crippen molar-refractivity contribution in [3.8, 4) is 5.75 Å². The zero-order valence-electron chi connectivity index (χ0n) is 23.5. The van der Waals surface area contributed by atoms with Gasteiger partial charge >= 0.3 is 5.97 Å². The van der Waals surface area contributed by atoms with Gasteiger partial charge < -0.3 is 14.4 Å². The molecule has 0 aromatic heterocycles. The van der Waals surface area contributed by atoms with E-state index in [4.69, 9.17) is 14.5 Å². The average molecular weight is 558 g/mol. The van der Waals surface area contributed by atoms with Gasteiger partial charge in [0.2, 0.25) is 11.8 Å². The summed E-state index contributed by atoms with van der Waals surface area (Å²) in [5.41, 5.74) is 2.18. The lowest BCUT2D eigenvalue weighted by Gasteiger charge is -2.53. The van der Waals surface area contributed by atoms with E-state index >= 15 is 0 Å². The zero-order valence-corrected chi connectivity index (χ0v) is 23.5. The molecular formula is C35H31N3O4. The van der Waals surface area contributed by atoms with Crippen molar-refractivity contribution in [3.63, 3.8) is 0 Å². The highest BCUT2D eigenvalue weighted by atomic mass is 16.6. The van der Waals surface area contributed by atoms with Crippen molar-refractivity contribution in [1.82, 2.24) is 4.90 Å². The number of likely N-dealkylation sites (tertiary alicyclic amines) is 1. The fourth-order valence-corrected chi connectivity index (χ4v) is 7.04. The quantitative estimate of drug-likeness (QED) is 0.246. The second kappa shape index (κ2) is 10.3. The van der Waals surface area contributed by atoms with Crippen molar-refractivity contribution in [2.45, 2.75) is 29.5 Å². The minimum Gasteiger partial charge on any atom is -0.497 e. The van der Waals surface area contributed by atoms with Gasteiger partial charge in [0.25, 0.3) is 0 Å². The summed E-state index contributed by atoms with van der Waals surface area (Å²) in [6, 6.07) is 36.1. The minimum absolute atomic E-state index is 0.0123. The second-order valence-corrected chi connectivity index (χ2v) is 11.1. The maximum absolute atomic E-state index is 14.3. The molecule has 5 atom stereocenters. The van der Waals surface area contributed by atoms with Crippen molar-refractivity contribution >= 4 is 23.5 Å². The summed E-state index contributed by atoms with van der Waals surface area (Å²) in [6.45, 7) is 0.581. The number of esters is 1. The topological polar surface area (TPSA) is 71.4 Å². The van der Waals surface area contributed by atoms with Crippen LogP contribution in [-0.4, -0.2) is 61.0 Å². The number of benzene rings is 4. The van der Waals surface area contributed by atoms with Crippen molar-refractivity contribution in [2.24, 2.45) is 4.99 Å². The van der Waals surface area contributed by atoms with E-state index < -0.39 is 17.5 Å². The molecule has 0 aliphatic carbocycles. The summed E-state index contributed by atoms with van der Waals surface area (Å²) in [7, 11) is 3.64. The van der Waals surface area contributed by atoms with Gasteiger partial charge in [-0.05, 0) is 54.6 Å². The number of ether oxygens (including phenoxy) is 2. The molecule has 3 aliphatic rings. The van der Waals surface area contributed by atoms with Crippen LogP contribution < -0.4 is 9.64 Å². The van der Waals surface area contributed by atoms with Gasteiger partial charge in [-0.1, -0.05) is 78.9 Å². The molecule has 0 bridgehead atoms. The first kappa shape index (κ1) is 26.2. The fourth-order valence-electron chi connectivity index (χ4n) is 7.04. The smallest absolute Gasteiger partial charge is 0.343 e. The number of β-lactam (4-membered cyclic amide) rings is 1. The molecule has 210 valence electrons. The van der Waals surface area contributed by atoms with Crippen LogP contribution in [0.5, 0.6) is 5.75 Å². The van der Waals surface area contributed by atoms with E-state index in [0.29, 0.717) is 18.2 Å². The number of nitrogens with zero attached hydrogens (tertiary/aromatic N) is 3. The number of carbonyl (C=O) groups excluding carboxylic acids is 2. The number of hydrogen-bond acceptors (Lipinski definition) is 6. The van der Waals surface area contributed by atoms with Crippen LogP contribution in [0.15, 0.2) is 120 Å². The summed E-state index contributed by atoms with van der Waals surface area (Å²) in [5, 5.41) is 0. The third kappa shape index (κ3) is 3.96. The molecule has 7 heteroatoms. The van der Waals surface area contributed by atoms with Crippen LogP contribution in [0.1, 0.15) is 28.5 Å². The van der Waals surface area contributed by atoms with E-state index in [0.717, 1.165) is 22.4 Å². The molecule has 2 saturated heterocycles. The Kier molecular flexibility index (Phi) is 6.39. The number of hydrogen-bond donors (Lipinski definition) is 0. The van der Waals surface area contributed by atoms with Crippen molar-refractivity contribution in [3.05, 3.63) is 132 Å². The van der Waals surface area contributed by atoms with Crippen LogP contribution in [0.4, 0.5) is 5.69 Å². The molecule has 2 fully saturated rings. The molecule has 3 aliphatic heterocycles. The Morgan fingerprint density at radius 3 is 2.02 bits per heavy atom. The molecule has 0 unspecified atom stereocenters. The molecule has 7 nitrogen and oxygen atoms in total. The Morgan fingerprint density at radius 1 is 0.810 bits per heavy atom. The molecule has 1 spiro atoms. The molecule has 4 aromatic carbocycles. The Labute approximate surface area is 245 Å². The highest BCUT2D eigenvalue weighted by molar-refractivity contribution is 6.11. The first-order valence-corrected chi connectivity index (χ1v) is 14.2. The fraction of sp³-hybridized carbons (Fsp3) is 0.229. The number of anilines is 1. The molecule has 0 N–H and O–H groups in total. The van der Waals surface area contributed by atoms with Gasteiger partial charge in [0, 0.05) is 23.7 Å². The molecule has 42 heavy (non-hydrogen) atoms. The van der Waals surface area contributed by atoms with Gasteiger partial charge in [-0.2, -0.15) is 0 Å². The monoisotopic (exact) mass is 557 g/mol. The molecule has 0 radical (unpaired) electrons. The molecule has 7 rings (SSSR count). The second-order valence-electron chi connectivity index (χ2n) is 11.1. The zero-order chi connectivity index (χ0) is 28.8. The molecule has 0 saturated carbocycles. The van der Waals surface area contributed by atoms with Crippen LogP contribution in [0.25, 0.3) is 0 Å². The lowest BCUT2D eigenvalue weighted by atomic mass is 9.68. The van der Waals surface area contributed by atoms with E-state index in [1.807, 2.05) is 127 Å². The van der Waals surface area contributed by atoms with Gasteiger partial charge in [-0.15, -0.1) is 0 Å². The summed E-state index contributed by atoms with van der Waals surface area (Å²) in [4.78, 5) is 37.6. The van der Waals surface area contributed by atoms with Crippen LogP contribution >= 0.6 is 0 Å². The van der Waals surface area contributed by atoms with E-state index in [2.05, 4.69) is 4.90 Å². The number of rotatable bonds is 6. The standard InChI is InChI=1S/C35H31N3O4/c1-37-22-28(23-12-6-3-7-13-23)35(34(40)42-32(36-35)25-16-10-5-11-17-25)31(37)30-29(24-14-8-4-9-15-24)33(39)38(30)26-18-20-27(41-2)21-19-26/h3-21,28-31H,22H2,1-2H3/t28-,29+,30+,31-,35+/m1/s1. The van der Waals surface area contributed by atoms with Crippen LogP contribution in [0, 0.1) is 0 Å². The van der Waals surface area contributed by atoms with Gasteiger partial charge in [0.1, 0.15) is 5.75 Å². The van der Waals surface area contributed by atoms with Gasteiger partial charge in [-0.25, -0.2) is 9.79 Å². The molecule has 1 amide bonds. The average Bonchev–Trinajstić information content (AvgIpc) is 3.53. The van der Waals surface area contributed by atoms with Crippen LogP contribution in [0.2, 0.25) is 0 Å². The number of likely N-dealkylation sites (N-methyl/N-ethyl adjacent to an activating group) is 1. The third-order valence-electron chi connectivity index (χ3n) is 8.93. The van der Waals surface area contributed by atoms with E-state index in [1.165, 1.54) is 0 Å². The lowest BCUT2D eigenvalue weighted by Crippen LogP contribution is -2.71. The number of carbonyl (C=O) groups is 2. The summed E-state index contributed by atoms with van der Waals surface area (Å²) < 4.78 is 11.4. The normalized spacial score (nSPS) is 27.1. The first-order valence-electron chi connectivity index (χ1n) is 14.2. The van der Waals surface area contributed by atoms with Gasteiger partial charge in [0.15, 0.2) is 5.54 Å². The summed E-state index contributed by atoms with van der Waals surface area (Å²) >= 11 is 0. The Morgan fingerprint density at radius 2 is 1.40 bits per heavy atom. The van der Waals surface area contributed by atoms with Crippen molar-refractivity contribution in [1.29, 1.82) is 0 Å². The van der Waals surface area contributed by atoms with Crippen molar-refractivity contribution in [2.75, 3.05) is 25.6 Å². The number of cyclic esters (lactones) is 1. The lowest BCUT2D eigenvalue weighted by molar-refractivity contribution is -0.142. The number of aliphatic imine (C=N–C) groups is 1. The Balaban J connectivity index is 1.41. The Hall–Kier alpha value is -4.75. The SMILES string of the molecule is COc1ccc(N2C(=O)[C@@H](c3ccccc3)[C@H]2[C@H]2N(C)C[C@H](c3ccccc3)[C@]23N=C(c2ccccc2)OC3=O)cc1. The van der Waals surface area contributed by atoms with E-state index in [1.54, 1.807) is 7.11 Å². The van der Waals surface area contributed by atoms with E-state index in [9.17, 15) is 9.59 Å². The molecule has 4 aromatic rings.